The van der Waals surface area contributed by atoms with Gasteiger partial charge in [0.1, 0.15) is 0 Å². The Kier molecular flexibility index (Phi) is 2.33. The fourth-order valence-corrected chi connectivity index (χ4v) is 2.86. The van der Waals surface area contributed by atoms with Crippen molar-refractivity contribution in [2.24, 2.45) is 17.6 Å². The lowest BCUT2D eigenvalue weighted by atomic mass is 10.0. The second kappa shape index (κ2) is 3.30. The molecule has 0 spiro atoms. The first-order valence-corrected chi connectivity index (χ1v) is 5.17. The van der Waals surface area contributed by atoms with E-state index in [0.717, 1.165) is 18.4 Å². The van der Waals surface area contributed by atoms with E-state index in [4.69, 9.17) is 18.0 Å². The average Bonchev–Trinajstić information content (AvgIpc) is 2.43. The maximum atomic E-state index is 5.51. The highest BCUT2D eigenvalue weighted by Gasteiger charge is 2.35. The van der Waals surface area contributed by atoms with Crippen molar-refractivity contribution in [3.63, 3.8) is 0 Å². The quantitative estimate of drug-likeness (QED) is 0.649. The van der Waals surface area contributed by atoms with Crippen molar-refractivity contribution in [2.45, 2.75) is 19.3 Å². The predicted octanol–water partition coefficient (Wildman–Crippen LogP) is 1.00. The number of hydrogen-bond acceptors (Lipinski definition) is 2. The molecular weight excluding hydrogens is 168 g/mol. The van der Waals surface area contributed by atoms with Crippen LogP contribution in [-0.4, -0.2) is 29.5 Å². The summed E-state index contributed by atoms with van der Waals surface area (Å²) in [5.41, 5.74) is 5.51. The number of nitrogens with two attached hydrogens (primary N) is 1. The van der Waals surface area contributed by atoms with E-state index in [1.807, 2.05) is 0 Å². The molecule has 2 nitrogen and oxygen atoms in total. The molecule has 1 saturated carbocycles. The third-order valence-electron chi connectivity index (χ3n) is 3.18. The summed E-state index contributed by atoms with van der Waals surface area (Å²) in [6.45, 7) is 3.31. The molecule has 68 valence electrons. The van der Waals surface area contributed by atoms with Crippen LogP contribution in [0.4, 0.5) is 0 Å². The molecule has 1 saturated heterocycles. The molecule has 1 heterocycles. The van der Waals surface area contributed by atoms with Crippen LogP contribution >= 0.6 is 12.2 Å². The molecule has 1 aliphatic heterocycles. The normalized spacial score (nSPS) is 35.3. The van der Waals surface area contributed by atoms with E-state index >= 15 is 0 Å². The van der Waals surface area contributed by atoms with Crippen LogP contribution in [-0.2, 0) is 0 Å². The van der Waals surface area contributed by atoms with Crippen LogP contribution < -0.4 is 5.73 Å². The molecule has 0 aromatic rings. The highest BCUT2D eigenvalue weighted by molar-refractivity contribution is 7.80. The highest BCUT2D eigenvalue weighted by atomic mass is 32.1. The highest BCUT2D eigenvalue weighted by Crippen LogP contribution is 2.37. The molecule has 12 heavy (non-hydrogen) atoms. The van der Waals surface area contributed by atoms with E-state index in [9.17, 15) is 0 Å². The molecule has 0 radical (unpaired) electrons. The van der Waals surface area contributed by atoms with Gasteiger partial charge in [0.15, 0.2) is 0 Å². The summed E-state index contributed by atoms with van der Waals surface area (Å²) in [6, 6.07) is 0. The topological polar surface area (TPSA) is 29.3 Å². The maximum Gasteiger partial charge on any atom is 0.0870 e. The number of thiocarbonyl (C=S) groups is 1. The van der Waals surface area contributed by atoms with Crippen molar-refractivity contribution in [3.8, 4) is 0 Å². The van der Waals surface area contributed by atoms with Crippen LogP contribution in [0.25, 0.3) is 0 Å². The van der Waals surface area contributed by atoms with Gasteiger partial charge >= 0.3 is 0 Å². The zero-order valence-electron chi connectivity index (χ0n) is 7.33. The van der Waals surface area contributed by atoms with E-state index in [2.05, 4.69) is 4.90 Å². The zero-order chi connectivity index (χ0) is 8.55. The van der Waals surface area contributed by atoms with Crippen molar-refractivity contribution in [3.05, 3.63) is 0 Å². The Morgan fingerprint density at radius 3 is 2.42 bits per heavy atom. The smallest absolute Gasteiger partial charge is 0.0870 e. The van der Waals surface area contributed by atoms with Gasteiger partial charge in [-0.3, -0.25) is 4.90 Å². The Hall–Kier alpha value is -0.150. The van der Waals surface area contributed by atoms with Gasteiger partial charge < -0.3 is 5.73 Å². The van der Waals surface area contributed by atoms with Gasteiger partial charge in [0.05, 0.1) is 4.99 Å². The van der Waals surface area contributed by atoms with Gasteiger partial charge in [-0.2, -0.15) is 0 Å². The molecule has 2 unspecified atom stereocenters. The van der Waals surface area contributed by atoms with Crippen molar-refractivity contribution in [1.82, 2.24) is 4.90 Å². The van der Waals surface area contributed by atoms with Gasteiger partial charge in [-0.05, 0) is 24.7 Å². The number of fused-ring (bicyclic) bond motifs is 1. The molecule has 2 N–H and O–H groups in total. The maximum absolute atomic E-state index is 5.51. The van der Waals surface area contributed by atoms with Gasteiger partial charge in [-0.25, -0.2) is 0 Å². The lowest BCUT2D eigenvalue weighted by molar-refractivity contribution is 0.354. The lowest BCUT2D eigenvalue weighted by Crippen LogP contribution is -2.31. The number of hydrogen-bond donors (Lipinski definition) is 1. The minimum atomic E-state index is 0.648. The Labute approximate surface area is 79.1 Å². The minimum Gasteiger partial charge on any atom is -0.392 e. The van der Waals surface area contributed by atoms with E-state index in [1.165, 1.54) is 32.4 Å². The first-order chi connectivity index (χ1) is 5.75. The molecule has 2 aliphatic rings. The minimum absolute atomic E-state index is 0.648. The van der Waals surface area contributed by atoms with Crippen molar-refractivity contribution < 1.29 is 0 Å². The molecule has 0 aromatic carbocycles. The zero-order valence-corrected chi connectivity index (χ0v) is 8.15. The molecule has 3 heteroatoms. The van der Waals surface area contributed by atoms with Gasteiger partial charge in [-0.1, -0.05) is 18.6 Å². The third kappa shape index (κ3) is 1.62. The summed E-state index contributed by atoms with van der Waals surface area (Å²) in [5, 5.41) is 0. The van der Waals surface area contributed by atoms with Crippen LogP contribution in [0.3, 0.4) is 0 Å². The van der Waals surface area contributed by atoms with Gasteiger partial charge in [0, 0.05) is 19.6 Å². The SMILES string of the molecule is NC(=S)CN1CC2CCCC2C1. The molecule has 0 bridgehead atoms. The van der Waals surface area contributed by atoms with E-state index in [0.29, 0.717) is 4.99 Å². The fraction of sp³-hybridized carbons (Fsp3) is 0.889. The second-order valence-corrected chi connectivity index (χ2v) is 4.64. The molecule has 2 fully saturated rings. The molecule has 2 atom stereocenters. The molecule has 2 rings (SSSR count). The first-order valence-electron chi connectivity index (χ1n) is 4.76. The van der Waals surface area contributed by atoms with E-state index in [1.54, 1.807) is 0 Å². The van der Waals surface area contributed by atoms with Gasteiger partial charge in [0.25, 0.3) is 0 Å². The average molecular weight is 184 g/mol. The molecule has 1 aliphatic carbocycles. The van der Waals surface area contributed by atoms with Crippen LogP contribution in [0.15, 0.2) is 0 Å². The van der Waals surface area contributed by atoms with Crippen LogP contribution in [0.1, 0.15) is 19.3 Å². The second-order valence-electron chi connectivity index (χ2n) is 4.11. The molecular formula is C9H16N2S. The lowest BCUT2D eigenvalue weighted by Gasteiger charge is -2.14. The summed E-state index contributed by atoms with van der Waals surface area (Å²) in [7, 11) is 0. The monoisotopic (exact) mass is 184 g/mol. The van der Waals surface area contributed by atoms with Crippen molar-refractivity contribution >= 4 is 17.2 Å². The summed E-state index contributed by atoms with van der Waals surface area (Å²) in [5.74, 6) is 1.92. The summed E-state index contributed by atoms with van der Waals surface area (Å²) in [6.07, 6.45) is 4.30. The van der Waals surface area contributed by atoms with Crippen molar-refractivity contribution in [2.75, 3.05) is 19.6 Å². The van der Waals surface area contributed by atoms with E-state index < -0.39 is 0 Å². The fourth-order valence-electron chi connectivity index (χ4n) is 2.68. The number of likely N-dealkylation sites (tertiary alicyclic amines) is 1. The summed E-state index contributed by atoms with van der Waals surface area (Å²) >= 11 is 4.90. The Bertz CT molecular complexity index is 181. The number of nitrogens with zero attached hydrogens (tertiary/aromatic N) is 1. The third-order valence-corrected chi connectivity index (χ3v) is 3.31. The Balaban J connectivity index is 1.86. The van der Waals surface area contributed by atoms with Gasteiger partial charge in [0.2, 0.25) is 0 Å². The van der Waals surface area contributed by atoms with Crippen LogP contribution in [0.5, 0.6) is 0 Å². The largest absolute Gasteiger partial charge is 0.392 e. The van der Waals surface area contributed by atoms with Gasteiger partial charge in [-0.15, -0.1) is 0 Å². The van der Waals surface area contributed by atoms with Crippen molar-refractivity contribution in [1.29, 1.82) is 0 Å². The Morgan fingerprint density at radius 1 is 1.33 bits per heavy atom. The standard InChI is InChI=1S/C9H16N2S/c10-9(12)6-11-4-7-2-1-3-8(7)5-11/h7-8H,1-6H2,(H2,10,12). The van der Waals surface area contributed by atoms with Crippen LogP contribution in [0, 0.1) is 11.8 Å². The van der Waals surface area contributed by atoms with E-state index in [-0.39, 0.29) is 0 Å². The Morgan fingerprint density at radius 2 is 1.92 bits per heavy atom. The number of rotatable bonds is 2. The molecule has 0 amide bonds. The molecule has 0 aromatic heterocycles. The van der Waals surface area contributed by atoms with Crippen LogP contribution in [0.2, 0.25) is 0 Å². The summed E-state index contributed by atoms with van der Waals surface area (Å²) in [4.78, 5) is 3.06. The summed E-state index contributed by atoms with van der Waals surface area (Å²) < 4.78 is 0. The predicted molar refractivity (Wildman–Crippen MR) is 54.1 cm³/mol. The first kappa shape index (κ1) is 8.45.